The molecule has 0 aliphatic heterocycles. The van der Waals surface area contributed by atoms with Crippen molar-refractivity contribution in [3.8, 4) is 22.5 Å². The van der Waals surface area contributed by atoms with Crippen molar-refractivity contribution in [3.63, 3.8) is 0 Å². The third-order valence-electron chi connectivity index (χ3n) is 7.24. The van der Waals surface area contributed by atoms with Gasteiger partial charge in [0.25, 0.3) is 0 Å². The third kappa shape index (κ3) is 5.92. The Labute approximate surface area is 261 Å². The van der Waals surface area contributed by atoms with Crippen LogP contribution in [0.2, 0.25) is 0 Å². The van der Waals surface area contributed by atoms with Crippen LogP contribution in [0.15, 0.2) is 108 Å². The van der Waals surface area contributed by atoms with Crippen LogP contribution in [0, 0.1) is 26.0 Å². The molecule has 0 spiro atoms. The number of nitrogens with zero attached hydrogens (tertiary/aromatic N) is 2. The molecule has 3 heterocycles. The maximum atomic E-state index is 6.24. The van der Waals surface area contributed by atoms with Crippen LogP contribution in [0.4, 0.5) is 0 Å². The number of para-hydroxylation sites is 2. The number of aromatic nitrogens is 2. The van der Waals surface area contributed by atoms with Crippen LogP contribution in [-0.2, 0) is 25.5 Å². The average molecular weight is 725 g/mol. The van der Waals surface area contributed by atoms with Crippen molar-refractivity contribution in [1.29, 1.82) is 0 Å². The summed E-state index contributed by atoms with van der Waals surface area (Å²) in [6.45, 7) is 10.8. The molecule has 0 aliphatic rings. The summed E-state index contributed by atoms with van der Waals surface area (Å²) in [6.07, 6.45) is 1.81. The van der Waals surface area contributed by atoms with E-state index in [2.05, 4.69) is 106 Å². The molecule has 7 aromatic rings. The molecule has 42 heavy (non-hydrogen) atoms. The number of rotatable bonds is 2. The fourth-order valence-corrected chi connectivity index (χ4v) is 5.21. The van der Waals surface area contributed by atoms with Crippen LogP contribution in [-0.4, -0.2) is 9.97 Å². The van der Waals surface area contributed by atoms with E-state index in [0.29, 0.717) is 0 Å². The minimum atomic E-state index is 0. The number of furan rings is 1. The second-order valence-electron chi connectivity index (χ2n) is 11.5. The van der Waals surface area contributed by atoms with Crippen molar-refractivity contribution >= 4 is 32.8 Å². The smallest absolute Gasteiger partial charge is 0.134 e. The molecule has 0 amide bonds. The molecular formula is C38H32IrN2O-2. The zero-order valence-electron chi connectivity index (χ0n) is 24.5. The van der Waals surface area contributed by atoms with Crippen LogP contribution in [0.1, 0.15) is 37.5 Å². The van der Waals surface area contributed by atoms with E-state index < -0.39 is 0 Å². The molecule has 0 saturated carbocycles. The Kier molecular flexibility index (Phi) is 8.41. The van der Waals surface area contributed by atoms with E-state index in [9.17, 15) is 0 Å². The predicted octanol–water partition coefficient (Wildman–Crippen LogP) is 10.1. The largest absolute Gasteiger partial charge is 0.464 e. The third-order valence-corrected chi connectivity index (χ3v) is 7.24. The Bertz CT molecular complexity index is 1960. The minimum Gasteiger partial charge on any atom is -0.464 e. The number of benzene rings is 4. The zero-order valence-corrected chi connectivity index (χ0v) is 26.8. The van der Waals surface area contributed by atoms with Crippen molar-refractivity contribution in [2.24, 2.45) is 0 Å². The Morgan fingerprint density at radius 3 is 2.19 bits per heavy atom. The molecule has 0 N–H and O–H groups in total. The molecule has 3 nitrogen and oxygen atoms in total. The maximum absolute atomic E-state index is 6.24. The van der Waals surface area contributed by atoms with Crippen molar-refractivity contribution in [2.75, 3.05) is 0 Å². The monoisotopic (exact) mass is 725 g/mol. The molecule has 0 atom stereocenters. The van der Waals surface area contributed by atoms with Gasteiger partial charge in [-0.3, -0.25) is 4.98 Å². The van der Waals surface area contributed by atoms with E-state index in [4.69, 9.17) is 9.40 Å². The summed E-state index contributed by atoms with van der Waals surface area (Å²) >= 11 is 0. The van der Waals surface area contributed by atoms with Gasteiger partial charge in [-0.15, -0.1) is 70.3 Å². The minimum absolute atomic E-state index is 0. The van der Waals surface area contributed by atoms with Crippen molar-refractivity contribution in [1.82, 2.24) is 9.97 Å². The van der Waals surface area contributed by atoms with Gasteiger partial charge < -0.3 is 9.40 Å². The summed E-state index contributed by atoms with van der Waals surface area (Å²) < 4.78 is 6.24. The first-order valence-corrected chi connectivity index (χ1v) is 13.9. The number of hydrogen-bond donors (Lipinski definition) is 0. The van der Waals surface area contributed by atoms with Crippen LogP contribution in [0.3, 0.4) is 0 Å². The standard InChI is InChI=1S/C23H16NO.C15H16N.Ir/c1-14-11-15(2)13-16(12-14)22-23-21(17-7-3-5-9-19(17)24-22)18-8-4-6-10-20(18)25-23;1-15(2,3)13-9-7-12(8-10-13)14-6-4-5-11-16-14;/h3-12H,1-2H3;4-7,9-11H,1-3H3;/q2*-1;. The van der Waals surface area contributed by atoms with Gasteiger partial charge in [0.2, 0.25) is 0 Å². The summed E-state index contributed by atoms with van der Waals surface area (Å²) in [5, 5.41) is 3.38. The summed E-state index contributed by atoms with van der Waals surface area (Å²) in [4.78, 5) is 9.24. The molecule has 4 heteroatoms. The Morgan fingerprint density at radius 2 is 1.50 bits per heavy atom. The van der Waals surface area contributed by atoms with Crippen molar-refractivity contribution in [2.45, 2.75) is 40.0 Å². The van der Waals surface area contributed by atoms with Crippen LogP contribution >= 0.6 is 0 Å². The first-order chi connectivity index (χ1) is 19.8. The second kappa shape index (κ2) is 12.0. The van der Waals surface area contributed by atoms with E-state index in [-0.39, 0.29) is 25.5 Å². The van der Waals surface area contributed by atoms with E-state index in [0.717, 1.165) is 60.9 Å². The van der Waals surface area contributed by atoms with Gasteiger partial charge in [0.1, 0.15) is 11.2 Å². The van der Waals surface area contributed by atoms with Crippen LogP contribution < -0.4 is 0 Å². The SMILES string of the molecule is CC(C)(C)c1c[c-]c(-c2ccccn2)cc1.Cc1[c-]c(-c2nc3ccccc3c3c2oc2ccccc23)cc(C)c1.[Ir]. The molecule has 7 rings (SSSR count). The van der Waals surface area contributed by atoms with Gasteiger partial charge in [0.15, 0.2) is 0 Å². The summed E-state index contributed by atoms with van der Waals surface area (Å²) in [7, 11) is 0. The van der Waals surface area contributed by atoms with E-state index >= 15 is 0 Å². The predicted molar refractivity (Wildman–Crippen MR) is 170 cm³/mol. The Balaban J connectivity index is 0.000000181. The van der Waals surface area contributed by atoms with Gasteiger partial charge in [-0.25, -0.2) is 0 Å². The molecule has 1 radical (unpaired) electrons. The van der Waals surface area contributed by atoms with Gasteiger partial charge in [-0.2, -0.15) is 0 Å². The maximum Gasteiger partial charge on any atom is 0.134 e. The Morgan fingerprint density at radius 1 is 0.762 bits per heavy atom. The van der Waals surface area contributed by atoms with E-state index in [1.54, 1.807) is 6.20 Å². The number of hydrogen-bond acceptors (Lipinski definition) is 3. The first-order valence-electron chi connectivity index (χ1n) is 13.9. The number of fused-ring (bicyclic) bond motifs is 5. The fourth-order valence-electron chi connectivity index (χ4n) is 5.21. The average Bonchev–Trinajstić information content (AvgIpc) is 3.37. The van der Waals surface area contributed by atoms with Gasteiger partial charge in [-0.05, 0) is 29.3 Å². The molecule has 4 aromatic carbocycles. The van der Waals surface area contributed by atoms with Crippen LogP contribution in [0.25, 0.3) is 55.4 Å². The van der Waals surface area contributed by atoms with Crippen molar-refractivity contribution < 1.29 is 24.5 Å². The molecule has 0 fully saturated rings. The van der Waals surface area contributed by atoms with Gasteiger partial charge in [0, 0.05) is 48.2 Å². The summed E-state index contributed by atoms with van der Waals surface area (Å²) in [6, 6.07) is 39.6. The quantitative estimate of drug-likeness (QED) is 0.167. The number of pyridine rings is 2. The molecule has 3 aromatic heterocycles. The molecule has 211 valence electrons. The van der Waals surface area contributed by atoms with Gasteiger partial charge >= 0.3 is 0 Å². The second-order valence-corrected chi connectivity index (χ2v) is 11.5. The molecule has 0 bridgehead atoms. The molecular weight excluding hydrogens is 693 g/mol. The molecule has 0 aliphatic carbocycles. The van der Waals surface area contributed by atoms with Gasteiger partial charge in [-0.1, -0.05) is 83.1 Å². The van der Waals surface area contributed by atoms with Gasteiger partial charge in [0.05, 0.1) is 5.52 Å². The topological polar surface area (TPSA) is 38.9 Å². The first kappa shape index (κ1) is 29.4. The Hall–Kier alpha value is -4.11. The zero-order chi connectivity index (χ0) is 28.6. The summed E-state index contributed by atoms with van der Waals surface area (Å²) in [5.41, 5.74) is 10.3. The van der Waals surface area contributed by atoms with Crippen molar-refractivity contribution in [3.05, 3.63) is 132 Å². The van der Waals surface area contributed by atoms with E-state index in [1.165, 1.54) is 11.1 Å². The number of aryl methyl sites for hydroxylation is 2. The molecule has 0 saturated heterocycles. The van der Waals surface area contributed by atoms with Crippen LogP contribution in [0.5, 0.6) is 0 Å². The van der Waals surface area contributed by atoms with E-state index in [1.807, 2.05) is 42.5 Å². The normalized spacial score (nSPS) is 11.3. The summed E-state index contributed by atoms with van der Waals surface area (Å²) in [5.74, 6) is 0. The fraction of sp³-hybridized carbons (Fsp3) is 0.158. The molecule has 0 unspecified atom stereocenters.